The Kier molecular flexibility index (Phi) is 2.44. The number of fused-ring (bicyclic) bond motifs is 1. The monoisotopic (exact) mass is 208 g/mol. The highest BCUT2D eigenvalue weighted by molar-refractivity contribution is 6.04. The maximum absolute atomic E-state index is 13.6. The van der Waals surface area contributed by atoms with Crippen LogP contribution in [0.2, 0.25) is 0 Å². The molecule has 1 N–H and O–H groups in total. The molecule has 0 aromatic heterocycles. The Bertz CT molecular complexity index is 406. The number of likely N-dealkylation sites (N-methyl/N-ethyl adjacent to an activating group) is 2. The summed E-state index contributed by atoms with van der Waals surface area (Å²) in [4.78, 5) is 13.3. The first kappa shape index (κ1) is 10.1. The van der Waals surface area contributed by atoms with E-state index in [2.05, 4.69) is 5.32 Å². The minimum absolute atomic E-state index is 0.0514. The first-order chi connectivity index (χ1) is 7.16. The molecule has 1 amide bonds. The summed E-state index contributed by atoms with van der Waals surface area (Å²) in [5.74, 6) is -0.744. The maximum Gasteiger partial charge on any atom is 0.235 e. The van der Waals surface area contributed by atoms with E-state index in [1.165, 1.54) is 11.0 Å². The molecule has 3 nitrogen and oxygen atoms in total. The fraction of sp³-hybridized carbons (Fsp3) is 0.364. The van der Waals surface area contributed by atoms with Crippen molar-refractivity contribution in [3.05, 3.63) is 29.6 Å². The standard InChI is InChI=1S/C11H13FN2O/c1-13-6-7-10-8(12)4-3-5-9(10)14(2)11(7)15/h3-5,7,13H,6H2,1-2H3. The molecule has 1 aromatic rings. The van der Waals surface area contributed by atoms with Crippen molar-refractivity contribution < 1.29 is 9.18 Å². The van der Waals surface area contributed by atoms with Gasteiger partial charge in [0.15, 0.2) is 0 Å². The van der Waals surface area contributed by atoms with E-state index < -0.39 is 5.92 Å². The first-order valence-electron chi connectivity index (χ1n) is 4.87. The van der Waals surface area contributed by atoms with Gasteiger partial charge in [-0.3, -0.25) is 4.79 Å². The SMILES string of the molecule is CNCC1C(=O)N(C)c2cccc(F)c21. The van der Waals surface area contributed by atoms with Crippen molar-refractivity contribution in [2.45, 2.75) is 5.92 Å². The van der Waals surface area contributed by atoms with Crippen molar-refractivity contribution in [1.29, 1.82) is 0 Å². The van der Waals surface area contributed by atoms with Crippen LogP contribution in [-0.4, -0.2) is 26.5 Å². The molecule has 1 atom stereocenters. The average Bonchev–Trinajstić information content (AvgIpc) is 2.46. The third-order valence-corrected chi connectivity index (χ3v) is 2.78. The highest BCUT2D eigenvalue weighted by Gasteiger charge is 2.36. The van der Waals surface area contributed by atoms with Crippen LogP contribution in [0.1, 0.15) is 11.5 Å². The lowest BCUT2D eigenvalue weighted by Crippen LogP contribution is -2.29. The van der Waals surface area contributed by atoms with Crippen molar-refractivity contribution in [1.82, 2.24) is 5.32 Å². The molecule has 15 heavy (non-hydrogen) atoms. The molecule has 80 valence electrons. The van der Waals surface area contributed by atoms with E-state index in [0.29, 0.717) is 17.8 Å². The predicted molar refractivity (Wildman–Crippen MR) is 56.5 cm³/mol. The zero-order valence-corrected chi connectivity index (χ0v) is 8.75. The Morgan fingerprint density at radius 3 is 2.93 bits per heavy atom. The fourth-order valence-corrected chi connectivity index (χ4v) is 2.03. The van der Waals surface area contributed by atoms with Crippen LogP contribution in [0.5, 0.6) is 0 Å². The lowest BCUT2D eigenvalue weighted by Gasteiger charge is -2.10. The van der Waals surface area contributed by atoms with Crippen molar-refractivity contribution >= 4 is 11.6 Å². The Morgan fingerprint density at radius 1 is 1.53 bits per heavy atom. The highest BCUT2D eigenvalue weighted by atomic mass is 19.1. The molecule has 0 fully saturated rings. The number of halogens is 1. The summed E-state index contributed by atoms with van der Waals surface area (Å²) >= 11 is 0. The van der Waals surface area contributed by atoms with Crippen LogP contribution in [0.25, 0.3) is 0 Å². The molecule has 4 heteroatoms. The summed E-state index contributed by atoms with van der Waals surface area (Å²) < 4.78 is 13.6. The number of nitrogens with zero attached hydrogens (tertiary/aromatic N) is 1. The van der Waals surface area contributed by atoms with Gasteiger partial charge < -0.3 is 10.2 Å². The summed E-state index contributed by atoms with van der Waals surface area (Å²) in [6.45, 7) is 0.469. The largest absolute Gasteiger partial charge is 0.319 e. The molecule has 2 rings (SSSR count). The van der Waals surface area contributed by atoms with Gasteiger partial charge in [0.05, 0.1) is 11.6 Å². The third-order valence-electron chi connectivity index (χ3n) is 2.78. The van der Waals surface area contributed by atoms with Crippen molar-refractivity contribution in [2.75, 3.05) is 25.5 Å². The van der Waals surface area contributed by atoms with Gasteiger partial charge in [-0.1, -0.05) is 6.07 Å². The zero-order chi connectivity index (χ0) is 11.0. The van der Waals surface area contributed by atoms with Gasteiger partial charge in [-0.05, 0) is 19.2 Å². The van der Waals surface area contributed by atoms with Crippen molar-refractivity contribution in [3.63, 3.8) is 0 Å². The van der Waals surface area contributed by atoms with Crippen molar-refractivity contribution in [3.8, 4) is 0 Å². The molecule has 0 saturated carbocycles. The number of hydrogen-bond acceptors (Lipinski definition) is 2. The topological polar surface area (TPSA) is 32.3 Å². The van der Waals surface area contributed by atoms with Crippen LogP contribution in [0, 0.1) is 5.82 Å². The van der Waals surface area contributed by atoms with E-state index in [1.807, 2.05) is 0 Å². The highest BCUT2D eigenvalue weighted by Crippen LogP contribution is 2.37. The molecule has 1 aliphatic rings. The lowest BCUT2D eigenvalue weighted by atomic mass is 10.0. The molecule has 1 unspecified atom stereocenters. The number of benzene rings is 1. The molecule has 1 aromatic carbocycles. The Hall–Kier alpha value is -1.42. The normalized spacial score (nSPS) is 19.5. The van der Waals surface area contributed by atoms with Crippen LogP contribution in [-0.2, 0) is 4.79 Å². The summed E-state index contributed by atoms with van der Waals surface area (Å²) in [6.07, 6.45) is 0. The van der Waals surface area contributed by atoms with Gasteiger partial charge in [0.1, 0.15) is 5.82 Å². The van der Waals surface area contributed by atoms with Crippen molar-refractivity contribution in [2.24, 2.45) is 0 Å². The second-order valence-corrected chi connectivity index (χ2v) is 3.68. The Balaban J connectivity index is 2.51. The fourth-order valence-electron chi connectivity index (χ4n) is 2.03. The van der Waals surface area contributed by atoms with Crippen LogP contribution < -0.4 is 10.2 Å². The summed E-state index contributed by atoms with van der Waals surface area (Å²) in [6, 6.07) is 4.79. The minimum atomic E-state index is -0.392. The van der Waals surface area contributed by atoms with Crippen LogP contribution in [0.4, 0.5) is 10.1 Å². The number of amides is 1. The zero-order valence-electron chi connectivity index (χ0n) is 8.75. The summed E-state index contributed by atoms with van der Waals surface area (Å²) in [5, 5.41) is 2.91. The van der Waals surface area contributed by atoms with E-state index in [0.717, 1.165) is 0 Å². The Morgan fingerprint density at radius 2 is 2.27 bits per heavy atom. The Labute approximate surface area is 87.9 Å². The van der Waals surface area contributed by atoms with Gasteiger partial charge in [-0.15, -0.1) is 0 Å². The van der Waals surface area contributed by atoms with Gasteiger partial charge in [0.2, 0.25) is 5.91 Å². The van der Waals surface area contributed by atoms with E-state index in [1.54, 1.807) is 26.2 Å². The number of anilines is 1. The van der Waals surface area contributed by atoms with Gasteiger partial charge in [0.25, 0.3) is 0 Å². The van der Waals surface area contributed by atoms with E-state index in [4.69, 9.17) is 0 Å². The number of hydrogen-bond donors (Lipinski definition) is 1. The molecule has 0 saturated heterocycles. The molecule has 1 aliphatic heterocycles. The van der Waals surface area contributed by atoms with Gasteiger partial charge >= 0.3 is 0 Å². The summed E-state index contributed by atoms with van der Waals surface area (Å²) in [5.41, 5.74) is 1.19. The molecule has 0 bridgehead atoms. The van der Waals surface area contributed by atoms with Gasteiger partial charge in [-0.2, -0.15) is 0 Å². The molecule has 0 aliphatic carbocycles. The third kappa shape index (κ3) is 1.41. The number of carbonyl (C=O) groups excluding carboxylic acids is 1. The second kappa shape index (κ2) is 3.62. The van der Waals surface area contributed by atoms with Gasteiger partial charge in [-0.25, -0.2) is 4.39 Å². The van der Waals surface area contributed by atoms with Crippen LogP contribution >= 0.6 is 0 Å². The van der Waals surface area contributed by atoms with E-state index in [-0.39, 0.29) is 11.7 Å². The van der Waals surface area contributed by atoms with Gasteiger partial charge in [0, 0.05) is 19.2 Å². The predicted octanol–water partition coefficient (Wildman–Crippen LogP) is 1.11. The number of rotatable bonds is 2. The van der Waals surface area contributed by atoms with Crippen LogP contribution in [0.15, 0.2) is 18.2 Å². The number of carbonyl (C=O) groups is 1. The smallest absolute Gasteiger partial charge is 0.235 e. The number of nitrogens with one attached hydrogen (secondary N) is 1. The first-order valence-corrected chi connectivity index (χ1v) is 4.87. The molecular weight excluding hydrogens is 195 g/mol. The molecule has 0 spiro atoms. The maximum atomic E-state index is 13.6. The average molecular weight is 208 g/mol. The van der Waals surface area contributed by atoms with Crippen LogP contribution in [0.3, 0.4) is 0 Å². The van der Waals surface area contributed by atoms with E-state index >= 15 is 0 Å². The molecule has 1 heterocycles. The minimum Gasteiger partial charge on any atom is -0.319 e. The quantitative estimate of drug-likeness (QED) is 0.789. The summed E-state index contributed by atoms with van der Waals surface area (Å²) in [7, 11) is 3.43. The lowest BCUT2D eigenvalue weighted by molar-refractivity contribution is -0.119. The molecule has 0 radical (unpaired) electrons. The second-order valence-electron chi connectivity index (χ2n) is 3.68. The molecular formula is C11H13FN2O. The van der Waals surface area contributed by atoms with E-state index in [9.17, 15) is 9.18 Å².